The van der Waals surface area contributed by atoms with Crippen molar-refractivity contribution in [2.24, 2.45) is 5.92 Å². The van der Waals surface area contributed by atoms with E-state index < -0.39 is 5.60 Å². The van der Waals surface area contributed by atoms with Crippen LogP contribution in [0.25, 0.3) is 0 Å². The number of ether oxygens (including phenoxy) is 1. The lowest BCUT2D eigenvalue weighted by molar-refractivity contribution is -0.120. The molecule has 0 bridgehead atoms. The van der Waals surface area contributed by atoms with Gasteiger partial charge in [0.25, 0.3) is 0 Å². The van der Waals surface area contributed by atoms with Gasteiger partial charge in [0.2, 0.25) is 5.91 Å². The summed E-state index contributed by atoms with van der Waals surface area (Å²) < 4.78 is 5.26. The molecule has 0 aliphatic heterocycles. The molecule has 1 aliphatic carbocycles. The Kier molecular flexibility index (Phi) is 5.64. The molecule has 5 nitrogen and oxygen atoms in total. The van der Waals surface area contributed by atoms with E-state index >= 15 is 0 Å². The Labute approximate surface area is 137 Å². The predicted octanol–water partition coefficient (Wildman–Crippen LogP) is 3.71. The number of amides is 2. The fraction of sp³-hybridized carbons (Fsp3) is 0.556. The van der Waals surface area contributed by atoms with Crippen molar-refractivity contribution >= 4 is 17.7 Å². The molecule has 1 aromatic rings. The molecule has 1 fully saturated rings. The second-order valence-electron chi connectivity index (χ2n) is 7.05. The van der Waals surface area contributed by atoms with E-state index in [1.54, 1.807) is 0 Å². The number of hydrogen-bond donors (Lipinski definition) is 2. The first-order valence-electron chi connectivity index (χ1n) is 8.19. The second kappa shape index (κ2) is 7.49. The molecule has 1 saturated carbocycles. The van der Waals surface area contributed by atoms with Crippen molar-refractivity contribution in [1.29, 1.82) is 0 Å². The van der Waals surface area contributed by atoms with Gasteiger partial charge in [0.05, 0.1) is 0 Å². The van der Waals surface area contributed by atoms with Gasteiger partial charge in [-0.05, 0) is 58.6 Å². The van der Waals surface area contributed by atoms with Crippen molar-refractivity contribution in [3.63, 3.8) is 0 Å². The van der Waals surface area contributed by atoms with Crippen LogP contribution < -0.4 is 10.6 Å². The molecule has 2 amide bonds. The van der Waals surface area contributed by atoms with Crippen molar-refractivity contribution in [3.8, 4) is 0 Å². The number of carbonyl (C=O) groups excluding carboxylic acids is 2. The molecule has 23 heavy (non-hydrogen) atoms. The molecule has 5 heteroatoms. The van der Waals surface area contributed by atoms with Crippen molar-refractivity contribution in [2.75, 3.05) is 5.32 Å². The zero-order valence-electron chi connectivity index (χ0n) is 14.1. The first kappa shape index (κ1) is 17.3. The number of rotatable bonds is 3. The molecule has 1 aromatic carbocycles. The molecule has 0 heterocycles. The first-order chi connectivity index (χ1) is 10.8. The third-order valence-electron chi connectivity index (χ3n) is 3.86. The van der Waals surface area contributed by atoms with Gasteiger partial charge in [-0.1, -0.05) is 18.2 Å². The average Bonchev–Trinajstić information content (AvgIpc) is 2.47. The molecule has 0 spiro atoms. The van der Waals surface area contributed by atoms with Gasteiger partial charge < -0.3 is 15.4 Å². The van der Waals surface area contributed by atoms with Gasteiger partial charge in [-0.2, -0.15) is 0 Å². The van der Waals surface area contributed by atoms with E-state index in [0.717, 1.165) is 31.4 Å². The van der Waals surface area contributed by atoms with Crippen LogP contribution in [0.1, 0.15) is 46.5 Å². The van der Waals surface area contributed by atoms with Crippen LogP contribution >= 0.6 is 0 Å². The van der Waals surface area contributed by atoms with Crippen molar-refractivity contribution in [3.05, 3.63) is 30.3 Å². The molecule has 0 saturated heterocycles. The van der Waals surface area contributed by atoms with Crippen LogP contribution in [0.2, 0.25) is 0 Å². The van der Waals surface area contributed by atoms with Gasteiger partial charge in [-0.25, -0.2) is 4.79 Å². The summed E-state index contributed by atoms with van der Waals surface area (Å²) in [7, 11) is 0. The molecule has 2 N–H and O–H groups in total. The number of anilines is 1. The number of para-hydroxylation sites is 1. The highest BCUT2D eigenvalue weighted by Gasteiger charge is 2.28. The number of carbonyl (C=O) groups is 2. The molecule has 0 atom stereocenters. The largest absolute Gasteiger partial charge is 0.444 e. The Bertz CT molecular complexity index is 529. The van der Waals surface area contributed by atoms with E-state index in [4.69, 9.17) is 4.74 Å². The van der Waals surface area contributed by atoms with Gasteiger partial charge in [0.15, 0.2) is 0 Å². The summed E-state index contributed by atoms with van der Waals surface area (Å²) in [6.07, 6.45) is 2.77. The average molecular weight is 318 g/mol. The normalized spacial score (nSPS) is 21.3. The quantitative estimate of drug-likeness (QED) is 0.893. The summed E-state index contributed by atoms with van der Waals surface area (Å²) in [4.78, 5) is 24.0. The monoisotopic (exact) mass is 318 g/mol. The van der Waals surface area contributed by atoms with Crippen LogP contribution in [0.15, 0.2) is 30.3 Å². The Morgan fingerprint density at radius 2 is 1.65 bits per heavy atom. The smallest absolute Gasteiger partial charge is 0.407 e. The van der Waals surface area contributed by atoms with Gasteiger partial charge in [-0.15, -0.1) is 0 Å². The molecule has 1 aliphatic rings. The number of hydrogen-bond acceptors (Lipinski definition) is 3. The van der Waals surface area contributed by atoms with Gasteiger partial charge in [0, 0.05) is 17.6 Å². The third-order valence-corrected chi connectivity index (χ3v) is 3.86. The standard InChI is InChI=1S/C18H26N2O3/c1-18(2,3)23-17(22)20-15-11-9-13(10-12-15)16(21)19-14-7-5-4-6-8-14/h4-8,13,15H,9-12H2,1-3H3,(H,19,21)(H,20,22). The zero-order chi connectivity index (χ0) is 16.9. The van der Waals surface area contributed by atoms with Crippen molar-refractivity contribution in [2.45, 2.75) is 58.1 Å². The summed E-state index contributed by atoms with van der Waals surface area (Å²) in [6.45, 7) is 5.53. The lowest BCUT2D eigenvalue weighted by Crippen LogP contribution is -2.42. The molecular formula is C18H26N2O3. The SMILES string of the molecule is CC(C)(C)OC(=O)NC1CCC(C(=O)Nc2ccccc2)CC1. The van der Waals surface area contributed by atoms with Crippen molar-refractivity contribution < 1.29 is 14.3 Å². The lowest BCUT2D eigenvalue weighted by Gasteiger charge is -2.29. The Balaban J connectivity index is 1.75. The van der Waals surface area contributed by atoms with Crippen LogP contribution in [0.4, 0.5) is 10.5 Å². The first-order valence-corrected chi connectivity index (χ1v) is 8.19. The van der Waals surface area contributed by atoms with Crippen LogP contribution in [0.3, 0.4) is 0 Å². The topological polar surface area (TPSA) is 67.4 Å². The van der Waals surface area contributed by atoms with E-state index in [-0.39, 0.29) is 24.0 Å². The number of nitrogens with one attached hydrogen (secondary N) is 2. The minimum Gasteiger partial charge on any atom is -0.444 e. The molecule has 2 rings (SSSR count). The zero-order valence-corrected chi connectivity index (χ0v) is 14.1. The maximum absolute atomic E-state index is 12.3. The molecule has 0 aromatic heterocycles. The molecule has 0 unspecified atom stereocenters. The van der Waals surface area contributed by atoms with Gasteiger partial charge >= 0.3 is 6.09 Å². The fourth-order valence-corrected chi connectivity index (χ4v) is 2.74. The lowest BCUT2D eigenvalue weighted by atomic mass is 9.85. The minimum absolute atomic E-state index is 0.00638. The number of alkyl carbamates (subject to hydrolysis) is 1. The van der Waals surface area contributed by atoms with Crippen LogP contribution in [-0.4, -0.2) is 23.6 Å². The molecular weight excluding hydrogens is 292 g/mol. The Morgan fingerprint density at radius 1 is 1.04 bits per heavy atom. The summed E-state index contributed by atoms with van der Waals surface area (Å²) in [5, 5.41) is 5.84. The maximum Gasteiger partial charge on any atom is 0.407 e. The predicted molar refractivity (Wildman–Crippen MR) is 90.2 cm³/mol. The summed E-state index contributed by atoms with van der Waals surface area (Å²) >= 11 is 0. The van der Waals surface area contributed by atoms with E-state index in [1.165, 1.54) is 0 Å². The highest BCUT2D eigenvalue weighted by Crippen LogP contribution is 2.26. The Hall–Kier alpha value is -2.04. The third kappa shape index (κ3) is 5.93. The van der Waals surface area contributed by atoms with Gasteiger partial charge in [0.1, 0.15) is 5.60 Å². The highest BCUT2D eigenvalue weighted by atomic mass is 16.6. The highest BCUT2D eigenvalue weighted by molar-refractivity contribution is 5.92. The van der Waals surface area contributed by atoms with E-state index in [9.17, 15) is 9.59 Å². The van der Waals surface area contributed by atoms with Gasteiger partial charge in [-0.3, -0.25) is 4.79 Å². The summed E-state index contributed by atoms with van der Waals surface area (Å²) in [5.74, 6) is 0.0683. The van der Waals surface area contributed by atoms with Crippen LogP contribution in [-0.2, 0) is 9.53 Å². The molecule has 0 radical (unpaired) electrons. The van der Waals surface area contributed by atoms with Crippen LogP contribution in [0.5, 0.6) is 0 Å². The summed E-state index contributed by atoms with van der Waals surface area (Å²) in [5.41, 5.74) is 0.336. The summed E-state index contributed by atoms with van der Waals surface area (Å²) in [6, 6.07) is 9.57. The van der Waals surface area contributed by atoms with Crippen molar-refractivity contribution in [1.82, 2.24) is 5.32 Å². The second-order valence-corrected chi connectivity index (χ2v) is 7.05. The Morgan fingerprint density at radius 3 is 2.22 bits per heavy atom. The minimum atomic E-state index is -0.489. The number of benzene rings is 1. The molecule has 126 valence electrons. The van der Waals surface area contributed by atoms with E-state index in [2.05, 4.69) is 10.6 Å². The fourth-order valence-electron chi connectivity index (χ4n) is 2.74. The maximum atomic E-state index is 12.3. The van der Waals surface area contributed by atoms with E-state index in [0.29, 0.717) is 0 Å². The van der Waals surface area contributed by atoms with Crippen LogP contribution in [0, 0.1) is 5.92 Å². The van der Waals surface area contributed by atoms with E-state index in [1.807, 2.05) is 51.1 Å².